The number of aryl methyl sites for hydroxylation is 1. The molecule has 0 radical (unpaired) electrons. The molecule has 0 saturated heterocycles. The number of nitrogens with one attached hydrogen (secondary N) is 1. The minimum absolute atomic E-state index is 0.00689. The Hall–Kier alpha value is -3.71. The lowest BCUT2D eigenvalue weighted by molar-refractivity contribution is 0.0991. The van der Waals surface area contributed by atoms with E-state index in [1.54, 1.807) is 10.9 Å². The van der Waals surface area contributed by atoms with Gasteiger partial charge in [0.1, 0.15) is 5.25 Å². The average molecular weight is 426 g/mol. The van der Waals surface area contributed by atoms with Crippen LogP contribution in [0.5, 0.6) is 0 Å². The van der Waals surface area contributed by atoms with E-state index in [2.05, 4.69) is 20.5 Å². The number of fused-ring (bicyclic) bond motifs is 1. The Morgan fingerprint density at radius 3 is 2.65 bits per heavy atom. The number of hydrogen-bond acceptors (Lipinski definition) is 5. The smallest absolute Gasteiger partial charge is 0.215 e. The van der Waals surface area contributed by atoms with Gasteiger partial charge in [-0.1, -0.05) is 72.4 Å². The lowest BCUT2D eigenvalue weighted by atomic mass is 10.0. The Labute approximate surface area is 183 Å². The van der Waals surface area contributed by atoms with Gasteiger partial charge in [0.25, 0.3) is 0 Å². The zero-order valence-electron chi connectivity index (χ0n) is 16.8. The minimum Gasteiger partial charge on any atom is -0.360 e. The highest BCUT2D eigenvalue weighted by Gasteiger charge is 2.28. The van der Waals surface area contributed by atoms with E-state index >= 15 is 0 Å². The van der Waals surface area contributed by atoms with E-state index in [-0.39, 0.29) is 5.78 Å². The van der Waals surface area contributed by atoms with Crippen molar-refractivity contribution in [3.8, 4) is 5.69 Å². The maximum atomic E-state index is 13.7. The number of Topliss-reactive ketones (excluding diaryl/α,β-unsaturated/α-hetero) is 1. The number of rotatable bonds is 6. The molecule has 2 aromatic heterocycles. The number of aromatic amines is 1. The summed E-state index contributed by atoms with van der Waals surface area (Å²) in [4.78, 5) is 16.9. The van der Waals surface area contributed by atoms with Crippen LogP contribution in [0.15, 0.2) is 90.2 Å². The predicted molar refractivity (Wildman–Crippen MR) is 122 cm³/mol. The van der Waals surface area contributed by atoms with Crippen molar-refractivity contribution in [2.45, 2.75) is 17.3 Å². The molecule has 0 bridgehead atoms. The monoisotopic (exact) mass is 425 g/mol. The molecule has 0 aliphatic rings. The number of H-pyrrole nitrogens is 1. The Balaban J connectivity index is 1.56. The summed E-state index contributed by atoms with van der Waals surface area (Å²) in [6.07, 6.45) is 1.78. The summed E-state index contributed by atoms with van der Waals surface area (Å²) < 4.78 is 1.68. The number of benzene rings is 3. The third-order valence-electron chi connectivity index (χ3n) is 5.11. The fourth-order valence-electron chi connectivity index (χ4n) is 3.60. The number of thioether (sulfide) groups is 1. The molecule has 2 heterocycles. The molecule has 31 heavy (non-hydrogen) atoms. The lowest BCUT2D eigenvalue weighted by Gasteiger charge is -2.15. The number of tetrazole rings is 1. The third kappa shape index (κ3) is 3.75. The Kier molecular flexibility index (Phi) is 5.09. The second kappa shape index (κ2) is 8.20. The Morgan fingerprint density at radius 2 is 1.81 bits per heavy atom. The first-order chi connectivity index (χ1) is 15.2. The molecule has 0 aliphatic carbocycles. The highest BCUT2D eigenvalue weighted by atomic mass is 32.2. The molecule has 5 rings (SSSR count). The Bertz CT molecular complexity index is 1360. The first-order valence-corrected chi connectivity index (χ1v) is 10.8. The van der Waals surface area contributed by atoms with Gasteiger partial charge in [-0.05, 0) is 46.7 Å². The molecule has 0 amide bonds. The molecular formula is C24H19N5OS. The van der Waals surface area contributed by atoms with E-state index in [1.165, 1.54) is 11.8 Å². The number of ketones is 1. The van der Waals surface area contributed by atoms with Crippen LogP contribution in [0.2, 0.25) is 0 Å². The van der Waals surface area contributed by atoms with Crippen LogP contribution in [0.3, 0.4) is 0 Å². The van der Waals surface area contributed by atoms with Gasteiger partial charge < -0.3 is 4.98 Å². The molecule has 0 spiro atoms. The van der Waals surface area contributed by atoms with Crippen LogP contribution in [-0.4, -0.2) is 31.0 Å². The van der Waals surface area contributed by atoms with Crippen molar-refractivity contribution in [1.29, 1.82) is 0 Å². The molecule has 1 atom stereocenters. The quantitative estimate of drug-likeness (QED) is 0.300. The van der Waals surface area contributed by atoms with Crippen LogP contribution in [-0.2, 0) is 0 Å². The fourth-order valence-corrected chi connectivity index (χ4v) is 4.66. The molecule has 6 nitrogen and oxygen atoms in total. The number of carbonyl (C=O) groups excluding carboxylic acids is 1. The van der Waals surface area contributed by atoms with E-state index in [0.29, 0.717) is 10.7 Å². The number of hydrogen-bond donors (Lipinski definition) is 1. The zero-order chi connectivity index (χ0) is 21.2. The third-order valence-corrected chi connectivity index (χ3v) is 6.29. The number of carbonyl (C=O) groups is 1. The summed E-state index contributed by atoms with van der Waals surface area (Å²) in [5, 5.41) is 13.2. The second-order valence-electron chi connectivity index (χ2n) is 7.23. The van der Waals surface area contributed by atoms with E-state index in [4.69, 9.17) is 0 Å². The first-order valence-electron chi connectivity index (χ1n) is 9.88. The molecule has 1 unspecified atom stereocenters. The van der Waals surface area contributed by atoms with Crippen LogP contribution < -0.4 is 0 Å². The highest BCUT2D eigenvalue weighted by Crippen LogP contribution is 2.38. The fraction of sp³-hybridized carbons (Fsp3) is 0.0833. The maximum Gasteiger partial charge on any atom is 0.215 e. The van der Waals surface area contributed by atoms with Crippen molar-refractivity contribution in [3.05, 3.63) is 102 Å². The molecule has 5 aromatic rings. The van der Waals surface area contributed by atoms with Gasteiger partial charge in [-0.2, -0.15) is 4.68 Å². The standard InChI is InChI=1S/C24H19N5OS/c1-16-8-7-11-18(14-16)29-24(26-27-28-29)31-23(17-9-3-2-4-10-17)22(30)20-15-25-21-13-6-5-12-19(20)21/h2-15,23,25H,1H3. The van der Waals surface area contributed by atoms with Crippen molar-refractivity contribution in [2.75, 3.05) is 0 Å². The molecule has 1 N–H and O–H groups in total. The molecule has 0 fully saturated rings. The van der Waals surface area contributed by atoms with Crippen LogP contribution >= 0.6 is 11.8 Å². The average Bonchev–Trinajstić information content (AvgIpc) is 3.45. The summed E-state index contributed by atoms with van der Waals surface area (Å²) in [6.45, 7) is 2.02. The van der Waals surface area contributed by atoms with E-state index < -0.39 is 5.25 Å². The number of nitrogens with zero attached hydrogens (tertiary/aromatic N) is 4. The van der Waals surface area contributed by atoms with Crippen LogP contribution in [0.4, 0.5) is 0 Å². The van der Waals surface area contributed by atoms with Gasteiger partial charge in [-0.25, -0.2) is 0 Å². The first kappa shape index (κ1) is 19.3. The van der Waals surface area contributed by atoms with Crippen LogP contribution in [0.1, 0.15) is 26.7 Å². The molecule has 0 saturated carbocycles. The molecule has 152 valence electrons. The second-order valence-corrected chi connectivity index (χ2v) is 8.31. The van der Waals surface area contributed by atoms with Crippen molar-refractivity contribution in [2.24, 2.45) is 0 Å². The predicted octanol–water partition coefficient (Wildman–Crippen LogP) is 5.17. The van der Waals surface area contributed by atoms with Gasteiger partial charge in [0.2, 0.25) is 5.16 Å². The lowest BCUT2D eigenvalue weighted by Crippen LogP contribution is -2.11. The summed E-state index contributed by atoms with van der Waals surface area (Å²) >= 11 is 1.35. The van der Waals surface area contributed by atoms with E-state index in [9.17, 15) is 4.79 Å². The largest absolute Gasteiger partial charge is 0.360 e. The maximum absolute atomic E-state index is 13.7. The topological polar surface area (TPSA) is 76.5 Å². The summed E-state index contributed by atoms with van der Waals surface area (Å²) in [7, 11) is 0. The summed E-state index contributed by atoms with van der Waals surface area (Å²) in [5.74, 6) is 0.00689. The van der Waals surface area contributed by atoms with Crippen molar-refractivity contribution >= 4 is 28.4 Å². The van der Waals surface area contributed by atoms with Crippen molar-refractivity contribution in [1.82, 2.24) is 25.2 Å². The van der Waals surface area contributed by atoms with Crippen molar-refractivity contribution in [3.63, 3.8) is 0 Å². The van der Waals surface area contributed by atoms with Gasteiger partial charge in [0, 0.05) is 22.7 Å². The van der Waals surface area contributed by atoms with Gasteiger partial charge in [-0.15, -0.1) is 5.10 Å². The SMILES string of the molecule is Cc1cccc(-n2nnnc2SC(C(=O)c2c[nH]c3ccccc23)c2ccccc2)c1. The van der Waals surface area contributed by atoms with Gasteiger partial charge in [0.05, 0.1) is 5.69 Å². The highest BCUT2D eigenvalue weighted by molar-refractivity contribution is 8.00. The number of aromatic nitrogens is 5. The summed E-state index contributed by atoms with van der Waals surface area (Å²) in [6, 6.07) is 25.5. The molecule has 0 aliphatic heterocycles. The van der Waals surface area contributed by atoms with E-state index in [1.807, 2.05) is 85.8 Å². The van der Waals surface area contributed by atoms with Crippen LogP contribution in [0, 0.1) is 6.92 Å². The molecule has 7 heteroatoms. The zero-order valence-corrected chi connectivity index (χ0v) is 17.6. The summed E-state index contributed by atoms with van der Waals surface area (Å²) in [5.41, 5.74) is 4.47. The molecular weight excluding hydrogens is 406 g/mol. The van der Waals surface area contributed by atoms with Gasteiger partial charge in [0.15, 0.2) is 5.78 Å². The normalized spacial score (nSPS) is 12.2. The van der Waals surface area contributed by atoms with Crippen LogP contribution in [0.25, 0.3) is 16.6 Å². The van der Waals surface area contributed by atoms with Gasteiger partial charge >= 0.3 is 0 Å². The minimum atomic E-state index is -0.491. The molecule has 3 aromatic carbocycles. The van der Waals surface area contributed by atoms with E-state index in [0.717, 1.165) is 27.7 Å². The Morgan fingerprint density at radius 1 is 1.00 bits per heavy atom. The van der Waals surface area contributed by atoms with Crippen molar-refractivity contribution < 1.29 is 4.79 Å². The number of para-hydroxylation sites is 1. The van der Waals surface area contributed by atoms with Gasteiger partial charge in [-0.3, -0.25) is 4.79 Å².